The molecule has 0 bridgehead atoms. The number of hydrogen-bond acceptors (Lipinski definition) is 10. The number of likely N-dealkylation sites (N-methyl/N-ethyl adjacent to an activating group) is 1. The highest BCUT2D eigenvalue weighted by atomic mass is 19.3. The fourth-order valence-corrected chi connectivity index (χ4v) is 5.47. The van der Waals surface area contributed by atoms with Crippen LogP contribution in [-0.2, 0) is 17.2 Å². The van der Waals surface area contributed by atoms with Crippen LogP contribution >= 0.6 is 0 Å². The van der Waals surface area contributed by atoms with Crippen molar-refractivity contribution in [3.8, 4) is 5.82 Å². The van der Waals surface area contributed by atoms with Crippen molar-refractivity contribution in [2.45, 2.75) is 26.3 Å². The summed E-state index contributed by atoms with van der Waals surface area (Å²) in [5.41, 5.74) is 6.37. The van der Waals surface area contributed by atoms with Crippen molar-refractivity contribution in [2.24, 2.45) is 0 Å². The molecule has 0 spiro atoms. The molecule has 0 radical (unpaired) electrons. The second-order valence-electron chi connectivity index (χ2n) is 12.1. The van der Waals surface area contributed by atoms with Gasteiger partial charge in [0.2, 0.25) is 0 Å². The third-order valence-corrected chi connectivity index (χ3v) is 8.28. The molecule has 6 rings (SSSR count). The molecule has 47 heavy (non-hydrogen) atoms. The zero-order chi connectivity index (χ0) is 33.0. The Morgan fingerprint density at radius 1 is 0.979 bits per heavy atom. The summed E-state index contributed by atoms with van der Waals surface area (Å²) < 4.78 is 35.1. The maximum absolute atomic E-state index is 13.9. The molecule has 4 heterocycles. The van der Waals surface area contributed by atoms with Gasteiger partial charge in [-0.3, -0.25) is 9.69 Å². The number of hydrazine groups is 1. The van der Waals surface area contributed by atoms with Crippen LogP contribution in [0.15, 0.2) is 60.9 Å². The lowest BCUT2D eigenvalue weighted by atomic mass is 10.1. The van der Waals surface area contributed by atoms with Gasteiger partial charge in [-0.25, -0.2) is 23.8 Å². The Hall–Kier alpha value is -4.50. The molecule has 2 aliphatic heterocycles. The Morgan fingerprint density at radius 3 is 2.53 bits per heavy atom. The predicted octanol–water partition coefficient (Wildman–Crippen LogP) is 4.48. The van der Waals surface area contributed by atoms with Gasteiger partial charge in [0, 0.05) is 87.4 Å². The number of aryl methyl sites for hydroxylation is 1. The van der Waals surface area contributed by atoms with Crippen LogP contribution in [0.2, 0.25) is 0 Å². The van der Waals surface area contributed by atoms with Crippen LogP contribution < -0.4 is 16.1 Å². The highest BCUT2D eigenvalue weighted by molar-refractivity contribution is 6.04. The highest BCUT2D eigenvalue weighted by Gasteiger charge is 2.25. The molecule has 2 aliphatic rings. The van der Waals surface area contributed by atoms with E-state index >= 15 is 0 Å². The topological polar surface area (TPSA) is 116 Å². The maximum atomic E-state index is 13.9. The monoisotopic (exact) mass is 646 g/mol. The first-order chi connectivity index (χ1) is 22.6. The number of alkyl halides is 2. The Labute approximate surface area is 272 Å². The van der Waals surface area contributed by atoms with Gasteiger partial charge < -0.3 is 25.7 Å². The number of piperazine rings is 1. The van der Waals surface area contributed by atoms with Crippen molar-refractivity contribution < 1.29 is 18.3 Å². The molecule has 0 saturated carbocycles. The molecule has 3 N–H and O–H groups in total. The average Bonchev–Trinajstić information content (AvgIpc) is 3.45. The number of nitrogens with one attached hydrogen (secondary N) is 3. The normalized spacial score (nSPS) is 16.6. The number of anilines is 4. The van der Waals surface area contributed by atoms with Gasteiger partial charge in [-0.15, -0.1) is 0 Å². The van der Waals surface area contributed by atoms with Crippen molar-refractivity contribution >= 4 is 28.9 Å². The molecule has 4 aromatic rings. The molecule has 2 aromatic carbocycles. The van der Waals surface area contributed by atoms with E-state index in [9.17, 15) is 13.6 Å². The van der Waals surface area contributed by atoms with Gasteiger partial charge >= 0.3 is 0 Å². The van der Waals surface area contributed by atoms with E-state index in [2.05, 4.69) is 47.9 Å². The summed E-state index contributed by atoms with van der Waals surface area (Å²) in [7, 11) is 2.11. The largest absolute Gasteiger partial charge is 0.379 e. The molecule has 0 atom stereocenters. The first-order valence-electron chi connectivity index (χ1n) is 15.7. The minimum atomic E-state index is -3.05. The summed E-state index contributed by atoms with van der Waals surface area (Å²) in [4.78, 5) is 26.6. The fraction of sp³-hybridized carbons (Fsp3) is 0.394. The van der Waals surface area contributed by atoms with Crippen LogP contribution in [0, 0.1) is 6.92 Å². The molecule has 12 nitrogen and oxygen atoms in total. The van der Waals surface area contributed by atoms with E-state index in [4.69, 9.17) is 9.84 Å². The lowest BCUT2D eigenvalue weighted by molar-refractivity contribution is 0.0174. The molecular weight excluding hydrogens is 606 g/mol. The number of carbonyl (C=O) groups excluding carboxylic acids is 1. The van der Waals surface area contributed by atoms with E-state index < -0.39 is 11.8 Å². The number of carbonyl (C=O) groups is 1. The third kappa shape index (κ3) is 8.27. The lowest BCUT2D eigenvalue weighted by Crippen LogP contribution is -2.47. The molecule has 14 heteroatoms. The van der Waals surface area contributed by atoms with Crippen LogP contribution in [0.5, 0.6) is 0 Å². The molecular formula is C33H40F2N10O2. The summed E-state index contributed by atoms with van der Waals surface area (Å²) in [5, 5.41) is 13.4. The number of amides is 1. The smallest absolute Gasteiger partial charge is 0.270 e. The van der Waals surface area contributed by atoms with E-state index in [0.29, 0.717) is 42.9 Å². The van der Waals surface area contributed by atoms with E-state index in [1.54, 1.807) is 10.7 Å². The number of aromatic nitrogens is 4. The Kier molecular flexibility index (Phi) is 9.73. The first kappa shape index (κ1) is 32.4. The van der Waals surface area contributed by atoms with E-state index in [-0.39, 0.29) is 11.1 Å². The number of rotatable bonds is 10. The summed E-state index contributed by atoms with van der Waals surface area (Å²) in [6.45, 7) is 10.1. The van der Waals surface area contributed by atoms with Crippen LogP contribution in [-0.4, -0.2) is 100.0 Å². The number of morpholine rings is 1. The van der Waals surface area contributed by atoms with E-state index in [0.717, 1.165) is 63.1 Å². The standard InChI is InChI=1S/C33H40F2N10O2/c1-23-7-8-26(38-32(46)24-5-4-6-25(17-24)33(2,34)35)18-28(23)39-31-19-27(21-43-13-15-47-16-14-43)40-45(31)30-20-29(36-22-37-30)41-44-11-9-42(3)10-12-44/h4-8,17-20,22,39H,9-16,21H2,1-3H3,(H,38,46)(H,36,37,41). The van der Waals surface area contributed by atoms with Crippen molar-refractivity contribution in [3.05, 3.63) is 83.3 Å². The average molecular weight is 647 g/mol. The molecule has 0 aliphatic carbocycles. The molecule has 1 amide bonds. The van der Waals surface area contributed by atoms with Crippen molar-refractivity contribution in [2.75, 3.05) is 75.6 Å². The van der Waals surface area contributed by atoms with Crippen LogP contribution in [0.4, 0.5) is 31.8 Å². The van der Waals surface area contributed by atoms with Crippen LogP contribution in [0.3, 0.4) is 0 Å². The number of halogens is 2. The van der Waals surface area contributed by atoms with Gasteiger partial charge in [0.15, 0.2) is 5.82 Å². The zero-order valence-corrected chi connectivity index (χ0v) is 26.8. The van der Waals surface area contributed by atoms with Gasteiger partial charge in [0.05, 0.1) is 18.9 Å². The quantitative estimate of drug-likeness (QED) is 0.228. The molecule has 2 saturated heterocycles. The second kappa shape index (κ2) is 14.1. The van der Waals surface area contributed by atoms with Gasteiger partial charge in [0.1, 0.15) is 18.0 Å². The lowest BCUT2D eigenvalue weighted by Gasteiger charge is -2.32. The minimum Gasteiger partial charge on any atom is -0.379 e. The number of benzene rings is 2. The SMILES string of the molecule is Cc1ccc(NC(=O)c2cccc(C(C)(F)F)c2)cc1Nc1cc(CN2CCOCC2)nn1-c1cc(NN2CCN(C)CC2)ncn1. The molecule has 0 unspecified atom stereocenters. The minimum absolute atomic E-state index is 0.148. The summed E-state index contributed by atoms with van der Waals surface area (Å²) in [5.74, 6) is -1.60. The maximum Gasteiger partial charge on any atom is 0.270 e. The fourth-order valence-electron chi connectivity index (χ4n) is 5.47. The third-order valence-electron chi connectivity index (χ3n) is 8.28. The van der Waals surface area contributed by atoms with Gasteiger partial charge in [-0.2, -0.15) is 9.78 Å². The van der Waals surface area contributed by atoms with Gasteiger partial charge in [-0.05, 0) is 43.8 Å². The molecule has 248 valence electrons. The van der Waals surface area contributed by atoms with E-state index in [1.807, 2.05) is 31.2 Å². The van der Waals surface area contributed by atoms with Crippen molar-refractivity contribution in [1.29, 1.82) is 0 Å². The summed E-state index contributed by atoms with van der Waals surface area (Å²) in [6, 6.07) is 14.8. The molecule has 2 fully saturated rings. The number of ether oxygens (including phenoxy) is 1. The Morgan fingerprint density at radius 2 is 1.77 bits per heavy atom. The van der Waals surface area contributed by atoms with Crippen LogP contribution in [0.1, 0.15) is 34.1 Å². The van der Waals surface area contributed by atoms with E-state index in [1.165, 1.54) is 30.6 Å². The summed E-state index contributed by atoms with van der Waals surface area (Å²) in [6.07, 6.45) is 1.52. The number of hydrogen-bond donors (Lipinski definition) is 3. The second-order valence-corrected chi connectivity index (χ2v) is 12.1. The molecule has 2 aromatic heterocycles. The van der Waals surface area contributed by atoms with Crippen molar-refractivity contribution in [3.63, 3.8) is 0 Å². The Balaban J connectivity index is 1.25. The Bertz CT molecular complexity index is 1690. The number of nitrogens with zero attached hydrogens (tertiary/aromatic N) is 7. The van der Waals surface area contributed by atoms with Gasteiger partial charge in [0.25, 0.3) is 11.8 Å². The first-order valence-corrected chi connectivity index (χ1v) is 15.7. The zero-order valence-electron chi connectivity index (χ0n) is 26.8. The predicted molar refractivity (Wildman–Crippen MR) is 176 cm³/mol. The van der Waals surface area contributed by atoms with Crippen molar-refractivity contribution in [1.82, 2.24) is 34.6 Å². The highest BCUT2D eigenvalue weighted by Crippen LogP contribution is 2.29. The van der Waals surface area contributed by atoms with Crippen LogP contribution in [0.25, 0.3) is 5.82 Å². The summed E-state index contributed by atoms with van der Waals surface area (Å²) >= 11 is 0. The van der Waals surface area contributed by atoms with Gasteiger partial charge in [-0.1, -0.05) is 18.2 Å².